The van der Waals surface area contributed by atoms with Gasteiger partial charge in [0.15, 0.2) is 9.84 Å². The minimum absolute atomic E-state index is 0.00712. The standard InChI is InChI=1S/C22H26FN5O4S/c1-12(2)19(20-13(3)17-7-14(23)5-6-18(17)32-20)27-22(29)26-15-8-24-21(25-9-15)28-10-16(11-28)33(4,30)31/h5-9,12,16,19H,10-11H2,1-4H3,(H2,26,27,29)/t19-/m0/s1. The van der Waals surface area contributed by atoms with Crippen LogP contribution in [0.5, 0.6) is 0 Å². The van der Waals surface area contributed by atoms with Crippen LogP contribution in [0.4, 0.5) is 20.8 Å². The molecular formula is C22H26FN5O4S. The molecule has 2 N–H and O–H groups in total. The summed E-state index contributed by atoms with van der Waals surface area (Å²) in [7, 11) is -3.08. The Morgan fingerprint density at radius 3 is 2.52 bits per heavy atom. The third-order valence-corrected chi connectivity index (χ3v) is 7.31. The topological polar surface area (TPSA) is 117 Å². The number of halogens is 1. The number of rotatable bonds is 6. The SMILES string of the molecule is Cc1c([C@@H](NC(=O)Nc2cnc(N3CC(S(C)(=O)=O)C3)nc2)C(C)C)oc2ccc(F)cc12. The lowest BCUT2D eigenvalue weighted by atomic mass is 9.98. The fourth-order valence-electron chi connectivity index (χ4n) is 3.77. The van der Waals surface area contributed by atoms with Crippen LogP contribution >= 0.6 is 0 Å². The summed E-state index contributed by atoms with van der Waals surface area (Å²) in [4.78, 5) is 22.9. The highest BCUT2D eigenvalue weighted by molar-refractivity contribution is 7.91. The van der Waals surface area contributed by atoms with Gasteiger partial charge in [-0.25, -0.2) is 27.6 Å². The van der Waals surface area contributed by atoms with Crippen molar-refractivity contribution >= 4 is 38.5 Å². The van der Waals surface area contributed by atoms with Gasteiger partial charge in [0, 0.05) is 30.3 Å². The second-order valence-corrected chi connectivity index (χ2v) is 11.0. The van der Waals surface area contributed by atoms with Crippen molar-refractivity contribution in [3.05, 3.63) is 47.7 Å². The van der Waals surface area contributed by atoms with E-state index in [1.165, 1.54) is 30.8 Å². The Hall–Kier alpha value is -3.21. The summed E-state index contributed by atoms with van der Waals surface area (Å²) in [6, 6.07) is 3.44. The second-order valence-electron chi connectivity index (χ2n) is 8.68. The first-order chi connectivity index (χ1) is 15.5. The van der Waals surface area contributed by atoms with E-state index in [1.807, 2.05) is 20.8 Å². The Kier molecular flexibility index (Phi) is 6.00. The quantitative estimate of drug-likeness (QED) is 0.561. The molecular weight excluding hydrogens is 449 g/mol. The van der Waals surface area contributed by atoms with E-state index < -0.39 is 27.2 Å². The van der Waals surface area contributed by atoms with Gasteiger partial charge in [0.25, 0.3) is 0 Å². The maximum atomic E-state index is 13.7. The van der Waals surface area contributed by atoms with Crippen LogP contribution in [0.25, 0.3) is 11.0 Å². The van der Waals surface area contributed by atoms with Crippen molar-refractivity contribution in [2.75, 3.05) is 29.6 Å². The smallest absolute Gasteiger partial charge is 0.319 e. The summed E-state index contributed by atoms with van der Waals surface area (Å²) in [5.74, 6) is 0.641. The molecule has 11 heteroatoms. The van der Waals surface area contributed by atoms with Crippen LogP contribution in [0.15, 0.2) is 35.0 Å². The molecule has 1 aliphatic rings. The Morgan fingerprint density at radius 2 is 1.91 bits per heavy atom. The van der Waals surface area contributed by atoms with Crippen LogP contribution in [0.2, 0.25) is 0 Å². The summed E-state index contributed by atoms with van der Waals surface area (Å²) < 4.78 is 42.7. The van der Waals surface area contributed by atoms with E-state index in [4.69, 9.17) is 4.42 Å². The largest absolute Gasteiger partial charge is 0.459 e. The van der Waals surface area contributed by atoms with Gasteiger partial charge in [-0.3, -0.25) is 0 Å². The fraction of sp³-hybridized carbons (Fsp3) is 0.409. The molecule has 0 radical (unpaired) electrons. The number of nitrogens with zero attached hydrogens (tertiary/aromatic N) is 3. The second kappa shape index (κ2) is 8.62. The highest BCUT2D eigenvalue weighted by Gasteiger charge is 2.35. The van der Waals surface area contributed by atoms with Gasteiger partial charge in [0.2, 0.25) is 5.95 Å². The molecule has 3 heterocycles. The Morgan fingerprint density at radius 1 is 1.24 bits per heavy atom. The number of hydrogen-bond acceptors (Lipinski definition) is 7. The highest BCUT2D eigenvalue weighted by atomic mass is 32.2. The number of sulfone groups is 1. The molecule has 176 valence electrons. The Bertz CT molecular complexity index is 1280. The molecule has 1 aromatic carbocycles. The Balaban J connectivity index is 1.42. The maximum Gasteiger partial charge on any atom is 0.319 e. The average molecular weight is 476 g/mol. The molecule has 4 rings (SSSR count). The summed E-state index contributed by atoms with van der Waals surface area (Å²) in [6.07, 6.45) is 4.15. The number of benzene rings is 1. The van der Waals surface area contributed by atoms with Gasteiger partial charge in [-0.2, -0.15) is 0 Å². The van der Waals surface area contributed by atoms with Gasteiger partial charge in [-0.05, 0) is 31.0 Å². The molecule has 33 heavy (non-hydrogen) atoms. The molecule has 0 bridgehead atoms. The van der Waals surface area contributed by atoms with Crippen molar-refractivity contribution in [1.29, 1.82) is 0 Å². The number of furan rings is 1. The summed E-state index contributed by atoms with van der Waals surface area (Å²) in [5.41, 5.74) is 1.73. The average Bonchev–Trinajstić information content (AvgIpc) is 3.01. The first-order valence-electron chi connectivity index (χ1n) is 10.5. The minimum Gasteiger partial charge on any atom is -0.459 e. The predicted molar refractivity (Wildman–Crippen MR) is 124 cm³/mol. The van der Waals surface area contributed by atoms with Crippen LogP contribution in [-0.4, -0.2) is 49.0 Å². The van der Waals surface area contributed by atoms with E-state index in [-0.39, 0.29) is 11.7 Å². The molecule has 2 aromatic heterocycles. The number of nitrogens with one attached hydrogen (secondary N) is 2. The lowest BCUT2D eigenvalue weighted by Crippen LogP contribution is -2.55. The van der Waals surface area contributed by atoms with Gasteiger partial charge in [-0.15, -0.1) is 0 Å². The van der Waals surface area contributed by atoms with E-state index in [0.29, 0.717) is 41.5 Å². The molecule has 2 amide bonds. The van der Waals surface area contributed by atoms with Gasteiger partial charge < -0.3 is 20.0 Å². The van der Waals surface area contributed by atoms with Crippen molar-refractivity contribution in [2.24, 2.45) is 5.92 Å². The normalized spacial score (nSPS) is 15.5. The molecule has 1 saturated heterocycles. The molecule has 0 spiro atoms. The lowest BCUT2D eigenvalue weighted by molar-refractivity contribution is 0.241. The van der Waals surface area contributed by atoms with Crippen LogP contribution in [-0.2, 0) is 9.84 Å². The maximum absolute atomic E-state index is 13.7. The molecule has 0 saturated carbocycles. The zero-order chi connectivity index (χ0) is 23.9. The van der Waals surface area contributed by atoms with E-state index in [0.717, 1.165) is 5.56 Å². The van der Waals surface area contributed by atoms with Crippen LogP contribution < -0.4 is 15.5 Å². The van der Waals surface area contributed by atoms with Crippen molar-refractivity contribution in [3.8, 4) is 0 Å². The Labute approximate surface area is 191 Å². The van der Waals surface area contributed by atoms with E-state index in [1.54, 1.807) is 11.0 Å². The molecule has 1 aliphatic heterocycles. The van der Waals surface area contributed by atoms with Crippen molar-refractivity contribution in [2.45, 2.75) is 32.1 Å². The number of carbonyl (C=O) groups is 1. The number of aryl methyl sites for hydroxylation is 1. The number of hydrogen-bond donors (Lipinski definition) is 2. The molecule has 0 aliphatic carbocycles. The minimum atomic E-state index is -3.08. The van der Waals surface area contributed by atoms with Gasteiger partial charge in [0.1, 0.15) is 17.2 Å². The van der Waals surface area contributed by atoms with E-state index >= 15 is 0 Å². The molecule has 1 fully saturated rings. The summed E-state index contributed by atoms with van der Waals surface area (Å²) >= 11 is 0. The van der Waals surface area contributed by atoms with Crippen molar-refractivity contribution in [3.63, 3.8) is 0 Å². The van der Waals surface area contributed by atoms with Crippen LogP contribution in [0, 0.1) is 18.7 Å². The number of urea groups is 1. The molecule has 0 unspecified atom stereocenters. The first kappa shape index (κ1) is 23.0. The van der Waals surface area contributed by atoms with Crippen molar-refractivity contribution in [1.82, 2.24) is 15.3 Å². The van der Waals surface area contributed by atoms with Gasteiger partial charge >= 0.3 is 6.03 Å². The third-order valence-electron chi connectivity index (χ3n) is 5.80. The summed E-state index contributed by atoms with van der Waals surface area (Å²) in [5, 5.41) is 5.88. The summed E-state index contributed by atoms with van der Waals surface area (Å²) in [6.45, 7) is 6.44. The van der Waals surface area contributed by atoms with E-state index in [2.05, 4.69) is 20.6 Å². The van der Waals surface area contributed by atoms with Crippen LogP contribution in [0.1, 0.15) is 31.2 Å². The van der Waals surface area contributed by atoms with Gasteiger partial charge in [0.05, 0.1) is 29.4 Å². The highest BCUT2D eigenvalue weighted by Crippen LogP contribution is 2.33. The molecule has 3 aromatic rings. The van der Waals surface area contributed by atoms with Crippen LogP contribution in [0.3, 0.4) is 0 Å². The zero-order valence-corrected chi connectivity index (χ0v) is 19.6. The molecule has 1 atom stereocenters. The number of fused-ring (bicyclic) bond motifs is 1. The third kappa shape index (κ3) is 4.77. The number of amides is 2. The molecule has 9 nitrogen and oxygen atoms in total. The lowest BCUT2D eigenvalue weighted by Gasteiger charge is -2.37. The number of anilines is 2. The first-order valence-corrected chi connectivity index (χ1v) is 12.5. The monoisotopic (exact) mass is 475 g/mol. The van der Waals surface area contributed by atoms with Gasteiger partial charge in [-0.1, -0.05) is 13.8 Å². The number of aromatic nitrogens is 2. The number of carbonyl (C=O) groups excluding carboxylic acids is 1. The van der Waals surface area contributed by atoms with E-state index in [9.17, 15) is 17.6 Å². The predicted octanol–water partition coefficient (Wildman–Crippen LogP) is 3.42. The fourth-order valence-corrected chi connectivity index (χ4v) is 4.67. The zero-order valence-electron chi connectivity index (χ0n) is 18.8. The van der Waals surface area contributed by atoms with Crippen molar-refractivity contribution < 1.29 is 22.0 Å².